The van der Waals surface area contributed by atoms with Crippen molar-refractivity contribution < 1.29 is 9.18 Å². The van der Waals surface area contributed by atoms with E-state index in [2.05, 4.69) is 15.9 Å². The zero-order chi connectivity index (χ0) is 11.8. The minimum absolute atomic E-state index is 0.0556. The fourth-order valence-electron chi connectivity index (χ4n) is 1.85. The molecular weight excluding hydrogens is 273 g/mol. The Labute approximate surface area is 102 Å². The molecule has 0 saturated heterocycles. The third kappa shape index (κ3) is 2.18. The lowest BCUT2D eigenvalue weighted by molar-refractivity contribution is -0.126. The Bertz CT molecular complexity index is 429. The predicted octanol–water partition coefficient (Wildman–Crippen LogP) is 2.58. The van der Waals surface area contributed by atoms with Crippen molar-refractivity contribution in [2.24, 2.45) is 5.73 Å². The molecule has 1 aliphatic rings. The van der Waals surface area contributed by atoms with Gasteiger partial charge in [0.15, 0.2) is 5.78 Å². The number of carbonyl (C=O) groups is 1. The van der Waals surface area contributed by atoms with Crippen LogP contribution in [-0.2, 0) is 11.2 Å². The maximum absolute atomic E-state index is 13.5. The fraction of sp³-hybridized carbons (Fsp3) is 0.417. The highest BCUT2D eigenvalue weighted by Crippen LogP contribution is 2.31. The molecule has 2 nitrogen and oxygen atoms in total. The SMILES string of the molecule is NC1(C(=O)Cc2ccc(Br)cc2F)CCC1. The normalized spacial score (nSPS) is 17.9. The van der Waals surface area contributed by atoms with Gasteiger partial charge in [0, 0.05) is 10.9 Å². The van der Waals surface area contributed by atoms with Gasteiger partial charge in [-0.05, 0) is 37.0 Å². The molecule has 1 aliphatic carbocycles. The summed E-state index contributed by atoms with van der Waals surface area (Å²) in [6.45, 7) is 0. The third-order valence-electron chi connectivity index (χ3n) is 3.17. The molecule has 0 aromatic heterocycles. The van der Waals surface area contributed by atoms with Crippen molar-refractivity contribution in [1.29, 1.82) is 0 Å². The van der Waals surface area contributed by atoms with Crippen molar-refractivity contribution in [1.82, 2.24) is 0 Å². The molecule has 0 atom stereocenters. The fourth-order valence-corrected chi connectivity index (χ4v) is 2.18. The third-order valence-corrected chi connectivity index (χ3v) is 3.66. The average molecular weight is 286 g/mol. The topological polar surface area (TPSA) is 43.1 Å². The molecule has 1 aromatic rings. The van der Waals surface area contributed by atoms with Crippen LogP contribution in [0.5, 0.6) is 0 Å². The van der Waals surface area contributed by atoms with Crippen molar-refractivity contribution in [3.63, 3.8) is 0 Å². The monoisotopic (exact) mass is 285 g/mol. The molecule has 16 heavy (non-hydrogen) atoms. The van der Waals surface area contributed by atoms with Crippen LogP contribution in [0.4, 0.5) is 4.39 Å². The summed E-state index contributed by atoms with van der Waals surface area (Å²) in [5.74, 6) is -0.411. The second-order valence-corrected chi connectivity index (χ2v) is 5.26. The Balaban J connectivity index is 2.12. The molecule has 1 fully saturated rings. The molecule has 2 rings (SSSR count). The maximum Gasteiger partial charge on any atom is 0.157 e. The number of rotatable bonds is 3. The van der Waals surface area contributed by atoms with Gasteiger partial charge in [-0.15, -0.1) is 0 Å². The van der Waals surface area contributed by atoms with Gasteiger partial charge in [0.2, 0.25) is 0 Å². The lowest BCUT2D eigenvalue weighted by atomic mass is 9.73. The zero-order valence-electron chi connectivity index (χ0n) is 8.80. The Morgan fingerprint density at radius 3 is 2.69 bits per heavy atom. The second kappa shape index (κ2) is 4.26. The largest absolute Gasteiger partial charge is 0.319 e. The number of carbonyl (C=O) groups excluding carboxylic acids is 1. The van der Waals surface area contributed by atoms with E-state index < -0.39 is 5.54 Å². The summed E-state index contributed by atoms with van der Waals surface area (Å²) in [5.41, 5.74) is 5.62. The molecule has 0 spiro atoms. The van der Waals surface area contributed by atoms with Crippen molar-refractivity contribution >= 4 is 21.7 Å². The van der Waals surface area contributed by atoms with E-state index in [0.29, 0.717) is 10.0 Å². The van der Waals surface area contributed by atoms with Gasteiger partial charge in [0.05, 0.1) is 5.54 Å². The highest BCUT2D eigenvalue weighted by atomic mass is 79.9. The van der Waals surface area contributed by atoms with Crippen molar-refractivity contribution in [3.8, 4) is 0 Å². The molecule has 1 saturated carbocycles. The summed E-state index contributed by atoms with van der Waals surface area (Å²) in [6, 6.07) is 4.72. The highest BCUT2D eigenvalue weighted by molar-refractivity contribution is 9.10. The van der Waals surface area contributed by atoms with Gasteiger partial charge in [-0.25, -0.2) is 4.39 Å². The molecule has 4 heteroatoms. The quantitative estimate of drug-likeness (QED) is 0.928. The lowest BCUT2D eigenvalue weighted by Gasteiger charge is -2.36. The Hall–Kier alpha value is -0.740. The van der Waals surface area contributed by atoms with E-state index in [-0.39, 0.29) is 18.0 Å². The van der Waals surface area contributed by atoms with Crippen LogP contribution in [0.25, 0.3) is 0 Å². The first kappa shape index (κ1) is 11.7. The number of ketones is 1. The molecule has 2 N–H and O–H groups in total. The van der Waals surface area contributed by atoms with Gasteiger partial charge in [0.1, 0.15) is 5.82 Å². The number of Topliss-reactive ketones (excluding diaryl/α,β-unsaturated/α-hetero) is 1. The van der Waals surface area contributed by atoms with Crippen LogP contribution in [-0.4, -0.2) is 11.3 Å². The number of hydrogen-bond acceptors (Lipinski definition) is 2. The van der Waals surface area contributed by atoms with E-state index in [1.54, 1.807) is 12.1 Å². The maximum atomic E-state index is 13.5. The van der Waals surface area contributed by atoms with E-state index >= 15 is 0 Å². The van der Waals surface area contributed by atoms with E-state index in [0.717, 1.165) is 19.3 Å². The van der Waals surface area contributed by atoms with Gasteiger partial charge in [-0.3, -0.25) is 4.79 Å². The van der Waals surface area contributed by atoms with E-state index in [9.17, 15) is 9.18 Å². The van der Waals surface area contributed by atoms with Crippen molar-refractivity contribution in [3.05, 3.63) is 34.1 Å². The Kier molecular flexibility index (Phi) is 3.13. The van der Waals surface area contributed by atoms with Crippen molar-refractivity contribution in [2.45, 2.75) is 31.2 Å². The van der Waals surface area contributed by atoms with Crippen LogP contribution in [0.3, 0.4) is 0 Å². The van der Waals surface area contributed by atoms with E-state index in [1.165, 1.54) is 6.07 Å². The van der Waals surface area contributed by atoms with Crippen molar-refractivity contribution in [2.75, 3.05) is 0 Å². The summed E-state index contributed by atoms with van der Waals surface area (Å²) < 4.78 is 14.2. The number of benzene rings is 1. The Morgan fingerprint density at radius 2 is 2.19 bits per heavy atom. The number of halogens is 2. The number of nitrogens with two attached hydrogens (primary N) is 1. The van der Waals surface area contributed by atoms with Crippen LogP contribution in [0.15, 0.2) is 22.7 Å². The van der Waals surface area contributed by atoms with Crippen LogP contribution < -0.4 is 5.73 Å². The van der Waals surface area contributed by atoms with Crippen LogP contribution in [0.2, 0.25) is 0 Å². The molecule has 0 bridgehead atoms. The first-order valence-corrected chi connectivity index (χ1v) is 6.07. The first-order chi connectivity index (χ1) is 7.51. The minimum atomic E-state index is -0.695. The lowest BCUT2D eigenvalue weighted by Crippen LogP contribution is -2.54. The predicted molar refractivity (Wildman–Crippen MR) is 63.6 cm³/mol. The van der Waals surface area contributed by atoms with Gasteiger partial charge in [-0.2, -0.15) is 0 Å². The minimum Gasteiger partial charge on any atom is -0.319 e. The summed E-state index contributed by atoms with van der Waals surface area (Å²) in [6.07, 6.45) is 2.54. The molecular formula is C12H13BrFNO. The highest BCUT2D eigenvalue weighted by Gasteiger charge is 2.39. The summed E-state index contributed by atoms with van der Waals surface area (Å²) in [7, 11) is 0. The summed E-state index contributed by atoms with van der Waals surface area (Å²) in [5, 5.41) is 0. The second-order valence-electron chi connectivity index (χ2n) is 4.35. The molecule has 0 unspecified atom stereocenters. The molecule has 0 heterocycles. The Morgan fingerprint density at radius 1 is 1.50 bits per heavy atom. The molecule has 1 aromatic carbocycles. The zero-order valence-corrected chi connectivity index (χ0v) is 10.4. The molecule has 0 radical (unpaired) electrons. The summed E-state index contributed by atoms with van der Waals surface area (Å²) in [4.78, 5) is 11.9. The standard InChI is InChI=1S/C12H13BrFNO/c13-9-3-2-8(10(14)7-9)6-11(16)12(15)4-1-5-12/h2-3,7H,1,4-6,15H2. The smallest absolute Gasteiger partial charge is 0.157 e. The van der Waals surface area contributed by atoms with E-state index in [1.807, 2.05) is 0 Å². The van der Waals surface area contributed by atoms with Gasteiger partial charge < -0.3 is 5.73 Å². The van der Waals surface area contributed by atoms with Crippen LogP contribution >= 0.6 is 15.9 Å². The molecule has 86 valence electrons. The van der Waals surface area contributed by atoms with Gasteiger partial charge >= 0.3 is 0 Å². The number of hydrogen-bond donors (Lipinski definition) is 1. The molecule has 0 amide bonds. The van der Waals surface area contributed by atoms with Crippen LogP contribution in [0.1, 0.15) is 24.8 Å². The van der Waals surface area contributed by atoms with Gasteiger partial charge in [-0.1, -0.05) is 22.0 Å². The van der Waals surface area contributed by atoms with E-state index in [4.69, 9.17) is 5.73 Å². The van der Waals surface area contributed by atoms with Gasteiger partial charge in [0.25, 0.3) is 0 Å². The summed E-state index contributed by atoms with van der Waals surface area (Å²) >= 11 is 3.18. The first-order valence-electron chi connectivity index (χ1n) is 5.27. The average Bonchev–Trinajstić information content (AvgIpc) is 2.18. The van der Waals surface area contributed by atoms with Crippen LogP contribution in [0, 0.1) is 5.82 Å². The molecule has 0 aliphatic heterocycles.